The number of carbonyl (C=O) groups excluding carboxylic acids is 1. The highest BCUT2D eigenvalue weighted by Crippen LogP contribution is 2.31. The number of nitrogens with zero attached hydrogens (tertiary/aromatic N) is 1. The first-order valence-electron chi connectivity index (χ1n) is 6.30. The fourth-order valence-electron chi connectivity index (χ4n) is 2.08. The van der Waals surface area contributed by atoms with Gasteiger partial charge in [-0.25, -0.2) is 0 Å². The van der Waals surface area contributed by atoms with Crippen LogP contribution in [0.25, 0.3) is 0 Å². The minimum Gasteiger partial charge on any atom is -0.482 e. The summed E-state index contributed by atoms with van der Waals surface area (Å²) in [5.74, 6) is 1.48. The van der Waals surface area contributed by atoms with E-state index in [0.717, 1.165) is 36.2 Å². The fraction of sp³-hybridized carbons (Fsp3) is 0.500. The van der Waals surface area contributed by atoms with Gasteiger partial charge in [-0.2, -0.15) is 0 Å². The molecule has 1 atom stereocenters. The van der Waals surface area contributed by atoms with E-state index in [2.05, 4.69) is 22.9 Å². The normalized spacial score (nSPS) is 16.1. The first-order valence-corrected chi connectivity index (χ1v) is 7.42. The summed E-state index contributed by atoms with van der Waals surface area (Å²) < 4.78 is 5.42. The zero-order chi connectivity index (χ0) is 13.0. The van der Waals surface area contributed by atoms with Crippen molar-refractivity contribution in [3.05, 3.63) is 24.3 Å². The number of anilines is 1. The van der Waals surface area contributed by atoms with Crippen molar-refractivity contribution in [3.8, 4) is 5.75 Å². The highest BCUT2D eigenvalue weighted by Gasteiger charge is 2.24. The smallest absolute Gasteiger partial charge is 0.265 e. The van der Waals surface area contributed by atoms with Crippen LogP contribution in [0.3, 0.4) is 0 Å². The van der Waals surface area contributed by atoms with E-state index in [1.165, 1.54) is 0 Å². The number of amides is 1. The average Bonchev–Trinajstić information content (AvgIpc) is 2.38. The summed E-state index contributed by atoms with van der Waals surface area (Å²) >= 11 is 3.45. The molecule has 1 unspecified atom stereocenters. The Morgan fingerprint density at radius 1 is 1.39 bits per heavy atom. The lowest BCUT2D eigenvalue weighted by molar-refractivity contribution is -0.121. The Labute approximate surface area is 116 Å². The average molecular weight is 312 g/mol. The van der Waals surface area contributed by atoms with Crippen LogP contribution < -0.4 is 9.64 Å². The molecule has 18 heavy (non-hydrogen) atoms. The summed E-state index contributed by atoms with van der Waals surface area (Å²) in [6, 6.07) is 7.73. The number of hydrogen-bond donors (Lipinski definition) is 0. The van der Waals surface area contributed by atoms with Gasteiger partial charge < -0.3 is 9.64 Å². The van der Waals surface area contributed by atoms with Crippen molar-refractivity contribution < 1.29 is 9.53 Å². The second kappa shape index (κ2) is 6.23. The molecule has 1 aliphatic heterocycles. The minimum atomic E-state index is 0.0553. The van der Waals surface area contributed by atoms with Crippen LogP contribution in [-0.2, 0) is 4.79 Å². The number of hydrogen-bond acceptors (Lipinski definition) is 2. The zero-order valence-corrected chi connectivity index (χ0v) is 12.1. The van der Waals surface area contributed by atoms with Gasteiger partial charge in [0.05, 0.1) is 5.69 Å². The van der Waals surface area contributed by atoms with Gasteiger partial charge in [0.1, 0.15) is 5.75 Å². The Bertz CT molecular complexity index is 422. The molecule has 98 valence electrons. The Kier molecular flexibility index (Phi) is 4.64. The van der Waals surface area contributed by atoms with E-state index in [0.29, 0.717) is 5.92 Å². The van der Waals surface area contributed by atoms with Crippen molar-refractivity contribution in [1.82, 2.24) is 0 Å². The van der Waals surface area contributed by atoms with Crippen LogP contribution in [-0.4, -0.2) is 24.4 Å². The van der Waals surface area contributed by atoms with Crippen molar-refractivity contribution in [3.63, 3.8) is 0 Å². The number of rotatable bonds is 5. The second-order valence-corrected chi connectivity index (χ2v) is 5.47. The molecule has 1 aromatic carbocycles. The lowest BCUT2D eigenvalue weighted by Crippen LogP contribution is -2.39. The lowest BCUT2D eigenvalue weighted by atomic mass is 10.0. The van der Waals surface area contributed by atoms with Crippen molar-refractivity contribution in [2.24, 2.45) is 5.92 Å². The quantitative estimate of drug-likeness (QED) is 0.781. The number of fused-ring (bicyclic) bond motifs is 1. The molecule has 0 aromatic heterocycles. The van der Waals surface area contributed by atoms with Crippen molar-refractivity contribution in [2.75, 3.05) is 23.4 Å². The third-order valence-corrected chi connectivity index (χ3v) is 3.71. The van der Waals surface area contributed by atoms with E-state index in [-0.39, 0.29) is 12.5 Å². The van der Waals surface area contributed by atoms with E-state index in [1.807, 2.05) is 29.2 Å². The molecule has 1 aromatic rings. The second-order valence-electron chi connectivity index (χ2n) is 4.67. The monoisotopic (exact) mass is 311 g/mol. The molecule has 0 saturated carbocycles. The number of carbonyl (C=O) groups is 1. The molecule has 1 amide bonds. The van der Waals surface area contributed by atoms with Crippen molar-refractivity contribution in [2.45, 2.75) is 19.8 Å². The molecule has 0 N–H and O–H groups in total. The van der Waals surface area contributed by atoms with E-state index in [4.69, 9.17) is 4.74 Å². The zero-order valence-electron chi connectivity index (χ0n) is 10.6. The molecular weight excluding hydrogens is 294 g/mol. The first kappa shape index (κ1) is 13.4. The number of ether oxygens (including phenoxy) is 1. The number of alkyl halides is 1. The molecule has 0 spiro atoms. The van der Waals surface area contributed by atoms with Crippen LogP contribution in [0.4, 0.5) is 5.69 Å². The summed E-state index contributed by atoms with van der Waals surface area (Å²) in [6.45, 7) is 3.15. The molecule has 0 radical (unpaired) electrons. The van der Waals surface area contributed by atoms with Crippen LogP contribution in [0.5, 0.6) is 5.75 Å². The summed E-state index contributed by atoms with van der Waals surface area (Å²) in [7, 11) is 0. The number of halogens is 1. The molecule has 0 fully saturated rings. The van der Waals surface area contributed by atoms with Crippen molar-refractivity contribution >= 4 is 27.5 Å². The minimum absolute atomic E-state index is 0.0553. The van der Waals surface area contributed by atoms with Gasteiger partial charge in [0.25, 0.3) is 5.91 Å². The van der Waals surface area contributed by atoms with Crippen LogP contribution in [0.15, 0.2) is 24.3 Å². The maximum atomic E-state index is 11.9. The largest absolute Gasteiger partial charge is 0.482 e. The Morgan fingerprint density at radius 3 is 2.94 bits per heavy atom. The summed E-state index contributed by atoms with van der Waals surface area (Å²) in [4.78, 5) is 13.8. The molecule has 0 bridgehead atoms. The molecule has 0 aliphatic carbocycles. The molecule has 3 nitrogen and oxygen atoms in total. The van der Waals surface area contributed by atoms with Crippen LogP contribution in [0.1, 0.15) is 19.8 Å². The molecule has 4 heteroatoms. The van der Waals surface area contributed by atoms with E-state index in [9.17, 15) is 4.79 Å². The topological polar surface area (TPSA) is 29.5 Å². The van der Waals surface area contributed by atoms with E-state index in [1.54, 1.807) is 0 Å². The summed E-state index contributed by atoms with van der Waals surface area (Å²) in [6.07, 6.45) is 2.16. The van der Waals surface area contributed by atoms with Crippen molar-refractivity contribution in [1.29, 1.82) is 0 Å². The van der Waals surface area contributed by atoms with Gasteiger partial charge in [-0.05, 0) is 30.9 Å². The van der Waals surface area contributed by atoms with Gasteiger partial charge in [0, 0.05) is 11.9 Å². The molecule has 1 aliphatic rings. The van der Waals surface area contributed by atoms with E-state index < -0.39 is 0 Å². The maximum Gasteiger partial charge on any atom is 0.265 e. The molecule has 2 rings (SSSR count). The molecule has 0 saturated heterocycles. The third kappa shape index (κ3) is 3.05. The standard InChI is InChI=1S/C14H18BrNO2/c1-11(6-8-15)7-9-16-12-4-2-3-5-13(12)18-10-14(16)17/h2-5,11H,6-10H2,1H3. The predicted octanol–water partition coefficient (Wildman–Crippen LogP) is 3.22. The molecule has 1 heterocycles. The number of benzene rings is 1. The Balaban J connectivity index is 2.05. The maximum absolute atomic E-state index is 11.9. The third-order valence-electron chi connectivity index (χ3n) is 3.26. The SMILES string of the molecule is CC(CCBr)CCN1C(=O)COc2ccccc21. The van der Waals surface area contributed by atoms with Gasteiger partial charge in [-0.1, -0.05) is 35.0 Å². The van der Waals surface area contributed by atoms with Gasteiger partial charge in [-0.15, -0.1) is 0 Å². The fourth-order valence-corrected chi connectivity index (χ4v) is 2.86. The highest BCUT2D eigenvalue weighted by atomic mass is 79.9. The van der Waals surface area contributed by atoms with Crippen LogP contribution in [0, 0.1) is 5.92 Å². The Morgan fingerprint density at radius 2 is 2.17 bits per heavy atom. The molecular formula is C14H18BrNO2. The van der Waals surface area contributed by atoms with Gasteiger partial charge >= 0.3 is 0 Å². The highest BCUT2D eigenvalue weighted by molar-refractivity contribution is 9.09. The lowest BCUT2D eigenvalue weighted by Gasteiger charge is -2.30. The predicted molar refractivity (Wildman–Crippen MR) is 76.5 cm³/mol. The van der Waals surface area contributed by atoms with E-state index >= 15 is 0 Å². The van der Waals surface area contributed by atoms with Crippen LogP contribution in [0.2, 0.25) is 0 Å². The number of para-hydroxylation sites is 2. The van der Waals surface area contributed by atoms with Gasteiger partial charge in [0.2, 0.25) is 0 Å². The van der Waals surface area contributed by atoms with Gasteiger partial charge in [-0.3, -0.25) is 4.79 Å². The van der Waals surface area contributed by atoms with Crippen LogP contribution >= 0.6 is 15.9 Å². The van der Waals surface area contributed by atoms with Gasteiger partial charge in [0.15, 0.2) is 6.61 Å². The Hall–Kier alpha value is -1.03. The summed E-state index contributed by atoms with van der Waals surface area (Å²) in [5, 5.41) is 1.02. The first-order chi connectivity index (χ1) is 8.72. The summed E-state index contributed by atoms with van der Waals surface area (Å²) in [5.41, 5.74) is 0.903.